The molecule has 0 saturated carbocycles. The molecule has 1 aromatic carbocycles. The Balaban J connectivity index is 2.37. The highest BCUT2D eigenvalue weighted by Gasteiger charge is 2.32. The summed E-state index contributed by atoms with van der Waals surface area (Å²) in [6, 6.07) is 5.60. The molecule has 0 N–H and O–H groups in total. The third-order valence-corrected chi connectivity index (χ3v) is 6.08. The van der Waals surface area contributed by atoms with E-state index in [0.29, 0.717) is 11.4 Å². The highest BCUT2D eigenvalue weighted by Crippen LogP contribution is 2.27. The molecule has 3 nitrogen and oxygen atoms in total. The summed E-state index contributed by atoms with van der Waals surface area (Å²) in [6.45, 7) is 6.69. The number of nitrogens with zero attached hydrogens (tertiary/aromatic N) is 1. The van der Waals surface area contributed by atoms with Crippen LogP contribution in [0.3, 0.4) is 0 Å². The fourth-order valence-electron chi connectivity index (χ4n) is 2.71. The Hall–Kier alpha value is -0.870. The van der Waals surface area contributed by atoms with Gasteiger partial charge in [0.25, 0.3) is 0 Å². The van der Waals surface area contributed by atoms with Crippen molar-refractivity contribution >= 4 is 10.0 Å². The number of hydrogen-bond donors (Lipinski definition) is 0. The minimum Gasteiger partial charge on any atom is -0.207 e. The third kappa shape index (κ3) is 2.84. The molecule has 2 rings (SSSR count). The zero-order valence-electron chi connectivity index (χ0n) is 12.0. The zero-order valence-corrected chi connectivity index (χ0v) is 12.8. The van der Waals surface area contributed by atoms with Gasteiger partial charge in [0.15, 0.2) is 0 Å². The molecule has 1 heterocycles. The van der Waals surface area contributed by atoms with Crippen LogP contribution in [0.15, 0.2) is 23.1 Å². The van der Waals surface area contributed by atoms with Gasteiger partial charge >= 0.3 is 0 Å². The maximum absolute atomic E-state index is 12.7. The standard InChI is InChI=1S/C15H23NO2S/c1-4-14-7-5-6-10-16(14)19(17,18)15-9-8-12(2)13(3)11-15/h8-9,11,14H,4-7,10H2,1-3H3/t14-/m1/s1. The van der Waals surface area contributed by atoms with Crippen molar-refractivity contribution in [3.63, 3.8) is 0 Å². The molecule has 1 aliphatic rings. The lowest BCUT2D eigenvalue weighted by Gasteiger charge is -2.34. The Morgan fingerprint density at radius 3 is 2.58 bits per heavy atom. The number of sulfonamides is 1. The molecular weight excluding hydrogens is 258 g/mol. The summed E-state index contributed by atoms with van der Waals surface area (Å²) >= 11 is 0. The Morgan fingerprint density at radius 1 is 1.21 bits per heavy atom. The molecular formula is C15H23NO2S. The van der Waals surface area contributed by atoms with Crippen LogP contribution < -0.4 is 0 Å². The zero-order chi connectivity index (χ0) is 14.0. The molecule has 0 radical (unpaired) electrons. The SMILES string of the molecule is CC[C@@H]1CCCCN1S(=O)(=O)c1ccc(C)c(C)c1. The van der Waals surface area contributed by atoms with Crippen molar-refractivity contribution in [2.75, 3.05) is 6.54 Å². The van der Waals surface area contributed by atoms with Crippen LogP contribution in [-0.2, 0) is 10.0 Å². The van der Waals surface area contributed by atoms with E-state index in [1.54, 1.807) is 16.4 Å². The van der Waals surface area contributed by atoms with Crippen molar-refractivity contribution < 1.29 is 8.42 Å². The summed E-state index contributed by atoms with van der Waals surface area (Å²) in [5, 5.41) is 0. The summed E-state index contributed by atoms with van der Waals surface area (Å²) in [5.41, 5.74) is 2.16. The molecule has 1 saturated heterocycles. The number of rotatable bonds is 3. The van der Waals surface area contributed by atoms with E-state index in [1.807, 2.05) is 19.9 Å². The van der Waals surface area contributed by atoms with E-state index in [0.717, 1.165) is 36.8 Å². The molecule has 1 atom stereocenters. The van der Waals surface area contributed by atoms with E-state index in [-0.39, 0.29) is 6.04 Å². The first-order valence-corrected chi connectivity index (χ1v) is 8.50. The van der Waals surface area contributed by atoms with Gasteiger partial charge < -0.3 is 0 Å². The minimum atomic E-state index is -3.33. The van der Waals surface area contributed by atoms with Crippen molar-refractivity contribution in [1.29, 1.82) is 0 Å². The molecule has 0 amide bonds. The number of hydrogen-bond acceptors (Lipinski definition) is 2. The average molecular weight is 281 g/mol. The van der Waals surface area contributed by atoms with E-state index in [2.05, 4.69) is 6.92 Å². The van der Waals surface area contributed by atoms with Crippen LogP contribution >= 0.6 is 0 Å². The number of aryl methyl sites for hydroxylation is 2. The van der Waals surface area contributed by atoms with Gasteiger partial charge in [0.2, 0.25) is 10.0 Å². The smallest absolute Gasteiger partial charge is 0.207 e. The first kappa shape index (κ1) is 14.5. The van der Waals surface area contributed by atoms with E-state index in [4.69, 9.17) is 0 Å². The monoisotopic (exact) mass is 281 g/mol. The molecule has 0 unspecified atom stereocenters. The van der Waals surface area contributed by atoms with Gasteiger partial charge in [-0.3, -0.25) is 0 Å². The molecule has 0 spiro atoms. The highest BCUT2D eigenvalue weighted by molar-refractivity contribution is 7.89. The highest BCUT2D eigenvalue weighted by atomic mass is 32.2. The van der Waals surface area contributed by atoms with E-state index >= 15 is 0 Å². The second-order valence-corrected chi connectivity index (χ2v) is 7.31. The third-order valence-electron chi connectivity index (χ3n) is 4.13. The first-order chi connectivity index (χ1) is 8.96. The Bertz CT molecular complexity index is 551. The van der Waals surface area contributed by atoms with Crippen LogP contribution in [0.1, 0.15) is 43.7 Å². The predicted molar refractivity (Wildman–Crippen MR) is 77.7 cm³/mol. The molecule has 0 bridgehead atoms. The normalized spacial score (nSPS) is 21.5. The van der Waals surface area contributed by atoms with Crippen LogP contribution in [0.4, 0.5) is 0 Å². The molecule has 0 aromatic heterocycles. The van der Waals surface area contributed by atoms with Gasteiger partial charge in [-0.05, 0) is 56.4 Å². The maximum Gasteiger partial charge on any atom is 0.243 e. The van der Waals surface area contributed by atoms with Gasteiger partial charge in [-0.25, -0.2) is 8.42 Å². The van der Waals surface area contributed by atoms with Crippen molar-refractivity contribution in [3.8, 4) is 0 Å². The number of benzene rings is 1. The fraction of sp³-hybridized carbons (Fsp3) is 0.600. The van der Waals surface area contributed by atoms with Gasteiger partial charge in [0, 0.05) is 12.6 Å². The fourth-order valence-corrected chi connectivity index (χ4v) is 4.56. The molecule has 1 aromatic rings. The van der Waals surface area contributed by atoms with Crippen molar-refractivity contribution in [3.05, 3.63) is 29.3 Å². The first-order valence-electron chi connectivity index (χ1n) is 7.06. The molecule has 1 aliphatic heterocycles. The molecule has 106 valence electrons. The van der Waals surface area contributed by atoms with Crippen LogP contribution in [0.25, 0.3) is 0 Å². The Labute approximate surface area is 116 Å². The quantitative estimate of drug-likeness (QED) is 0.853. The summed E-state index contributed by atoms with van der Waals surface area (Å²) in [4.78, 5) is 0.441. The van der Waals surface area contributed by atoms with Crippen molar-refractivity contribution in [2.45, 2.75) is 57.4 Å². The van der Waals surface area contributed by atoms with E-state index in [1.165, 1.54) is 0 Å². The second kappa shape index (κ2) is 5.63. The molecule has 0 aliphatic carbocycles. The van der Waals surface area contributed by atoms with Crippen molar-refractivity contribution in [1.82, 2.24) is 4.31 Å². The topological polar surface area (TPSA) is 37.4 Å². The Morgan fingerprint density at radius 2 is 1.95 bits per heavy atom. The van der Waals surface area contributed by atoms with Crippen LogP contribution in [0, 0.1) is 13.8 Å². The summed E-state index contributed by atoms with van der Waals surface area (Å²) < 4.78 is 27.2. The van der Waals surface area contributed by atoms with E-state index in [9.17, 15) is 8.42 Å². The van der Waals surface area contributed by atoms with Gasteiger partial charge in [0.05, 0.1) is 4.90 Å². The second-order valence-electron chi connectivity index (χ2n) is 5.42. The summed E-state index contributed by atoms with van der Waals surface area (Å²) in [7, 11) is -3.33. The average Bonchev–Trinajstić information content (AvgIpc) is 2.41. The van der Waals surface area contributed by atoms with Crippen LogP contribution in [0.2, 0.25) is 0 Å². The number of piperidine rings is 1. The maximum atomic E-state index is 12.7. The Kier molecular flexibility index (Phi) is 4.31. The minimum absolute atomic E-state index is 0.167. The lowest BCUT2D eigenvalue weighted by Crippen LogP contribution is -2.43. The predicted octanol–water partition coefficient (Wildman–Crippen LogP) is 3.26. The lowest BCUT2D eigenvalue weighted by atomic mass is 10.0. The molecule has 1 fully saturated rings. The van der Waals surface area contributed by atoms with Gasteiger partial charge in [0.1, 0.15) is 0 Å². The van der Waals surface area contributed by atoms with E-state index < -0.39 is 10.0 Å². The van der Waals surface area contributed by atoms with Crippen LogP contribution in [-0.4, -0.2) is 25.3 Å². The van der Waals surface area contributed by atoms with Gasteiger partial charge in [-0.1, -0.05) is 19.4 Å². The van der Waals surface area contributed by atoms with Gasteiger partial charge in [-0.2, -0.15) is 4.31 Å². The van der Waals surface area contributed by atoms with Gasteiger partial charge in [-0.15, -0.1) is 0 Å². The summed E-state index contributed by atoms with van der Waals surface area (Å²) in [6.07, 6.45) is 3.99. The lowest BCUT2D eigenvalue weighted by molar-refractivity contribution is 0.246. The summed E-state index contributed by atoms with van der Waals surface area (Å²) in [5.74, 6) is 0. The molecule has 19 heavy (non-hydrogen) atoms. The van der Waals surface area contributed by atoms with Crippen molar-refractivity contribution in [2.24, 2.45) is 0 Å². The van der Waals surface area contributed by atoms with Crippen LogP contribution in [0.5, 0.6) is 0 Å². The molecule has 4 heteroatoms. The largest absolute Gasteiger partial charge is 0.243 e.